The van der Waals surface area contributed by atoms with Gasteiger partial charge in [-0.3, -0.25) is 0 Å². The predicted octanol–water partition coefficient (Wildman–Crippen LogP) is 2.34. The minimum Gasteiger partial charge on any atom is -0.385 e. The number of aliphatic hydroxyl groups excluding tert-OH is 1. The second-order valence-electron chi connectivity index (χ2n) is 7.22. The Labute approximate surface area is 158 Å². The lowest BCUT2D eigenvalue weighted by Crippen LogP contribution is -2.31. The number of unbranched alkanes of at least 4 members (excludes halogenated alkanes) is 1. The molecular formula is C18H25N5O3S. The summed E-state index contributed by atoms with van der Waals surface area (Å²) in [6, 6.07) is 1.89. The van der Waals surface area contributed by atoms with Crippen molar-refractivity contribution < 1.29 is 13.5 Å². The van der Waals surface area contributed by atoms with Crippen molar-refractivity contribution in [3.63, 3.8) is 0 Å². The average molecular weight is 391 g/mol. The molecule has 1 aliphatic rings. The first-order valence-electron chi connectivity index (χ1n) is 9.42. The Kier molecular flexibility index (Phi) is 4.69. The Morgan fingerprint density at radius 1 is 1.44 bits per heavy atom. The first kappa shape index (κ1) is 18.4. The minimum absolute atomic E-state index is 0.0588. The molecule has 4 heterocycles. The maximum Gasteiger partial charge on any atom is 0.214 e. The van der Waals surface area contributed by atoms with Crippen molar-refractivity contribution >= 4 is 32.1 Å². The third-order valence-electron chi connectivity index (χ3n) is 5.28. The van der Waals surface area contributed by atoms with Gasteiger partial charge in [0.15, 0.2) is 0 Å². The van der Waals surface area contributed by atoms with Gasteiger partial charge < -0.3 is 14.7 Å². The molecule has 2 unspecified atom stereocenters. The molecule has 0 spiro atoms. The molecule has 27 heavy (non-hydrogen) atoms. The summed E-state index contributed by atoms with van der Waals surface area (Å²) in [5, 5.41) is 11.2. The van der Waals surface area contributed by atoms with Crippen molar-refractivity contribution in [1.82, 2.24) is 23.8 Å². The van der Waals surface area contributed by atoms with E-state index in [2.05, 4.69) is 15.0 Å². The number of rotatable bonds is 6. The SMILES string of the molecule is CCCCS(=O)(=O)N1CCC(n2c(C(C)O)nc3cnc4[nH]ccc4c32)C1. The number of hydrogen-bond acceptors (Lipinski definition) is 5. The van der Waals surface area contributed by atoms with E-state index in [1.807, 2.05) is 23.8 Å². The van der Waals surface area contributed by atoms with Crippen LogP contribution in [-0.4, -0.2) is 56.2 Å². The number of imidazole rings is 1. The van der Waals surface area contributed by atoms with Gasteiger partial charge >= 0.3 is 0 Å². The molecule has 9 heteroatoms. The van der Waals surface area contributed by atoms with Gasteiger partial charge in [-0.05, 0) is 25.8 Å². The smallest absolute Gasteiger partial charge is 0.214 e. The van der Waals surface area contributed by atoms with Gasteiger partial charge in [-0.1, -0.05) is 13.3 Å². The van der Waals surface area contributed by atoms with E-state index < -0.39 is 16.1 Å². The highest BCUT2D eigenvalue weighted by Gasteiger charge is 2.34. The van der Waals surface area contributed by atoms with Gasteiger partial charge in [-0.15, -0.1) is 0 Å². The van der Waals surface area contributed by atoms with Crippen LogP contribution in [-0.2, 0) is 10.0 Å². The van der Waals surface area contributed by atoms with Crippen molar-refractivity contribution in [3.05, 3.63) is 24.3 Å². The maximum absolute atomic E-state index is 12.6. The number of nitrogens with zero attached hydrogens (tertiary/aromatic N) is 4. The molecular weight excluding hydrogens is 366 g/mol. The zero-order valence-electron chi connectivity index (χ0n) is 15.6. The first-order valence-corrected chi connectivity index (χ1v) is 11.0. The highest BCUT2D eigenvalue weighted by Crippen LogP contribution is 2.34. The van der Waals surface area contributed by atoms with E-state index in [0.29, 0.717) is 37.3 Å². The van der Waals surface area contributed by atoms with Crippen LogP contribution in [0, 0.1) is 0 Å². The molecule has 0 amide bonds. The fourth-order valence-electron chi connectivity index (χ4n) is 3.90. The van der Waals surface area contributed by atoms with Crippen molar-refractivity contribution in [2.24, 2.45) is 0 Å². The zero-order valence-corrected chi connectivity index (χ0v) is 16.4. The van der Waals surface area contributed by atoms with E-state index >= 15 is 0 Å². The quantitative estimate of drug-likeness (QED) is 0.671. The second kappa shape index (κ2) is 6.88. The van der Waals surface area contributed by atoms with Gasteiger partial charge in [0.05, 0.1) is 23.5 Å². The molecule has 4 rings (SSSR count). The molecule has 2 N–H and O–H groups in total. The van der Waals surface area contributed by atoms with Crippen LogP contribution in [0.3, 0.4) is 0 Å². The fourth-order valence-corrected chi connectivity index (χ4v) is 5.60. The molecule has 1 fully saturated rings. The Hall–Kier alpha value is -1.97. The predicted molar refractivity (Wildman–Crippen MR) is 104 cm³/mol. The lowest BCUT2D eigenvalue weighted by atomic mass is 10.2. The van der Waals surface area contributed by atoms with Crippen LogP contribution in [0.4, 0.5) is 0 Å². The molecule has 1 saturated heterocycles. The van der Waals surface area contributed by atoms with Crippen LogP contribution in [0.5, 0.6) is 0 Å². The lowest BCUT2D eigenvalue weighted by molar-refractivity contribution is 0.182. The number of nitrogens with one attached hydrogen (secondary N) is 1. The summed E-state index contributed by atoms with van der Waals surface area (Å²) in [6.45, 7) is 4.58. The molecule has 0 aliphatic carbocycles. The third-order valence-corrected chi connectivity index (χ3v) is 7.20. The number of aliphatic hydroxyl groups is 1. The zero-order chi connectivity index (χ0) is 19.2. The van der Waals surface area contributed by atoms with Crippen molar-refractivity contribution in [2.75, 3.05) is 18.8 Å². The standard InChI is InChI=1S/C18H25N5O3S/c1-3-4-9-27(25,26)22-8-6-13(11-22)23-16-14-5-7-19-17(14)20-10-15(16)21-18(23)12(2)24/h5,7,10,12-13,24H,3-4,6,8-9,11H2,1-2H3,(H,19,20). The number of sulfonamides is 1. The van der Waals surface area contributed by atoms with E-state index in [1.165, 1.54) is 0 Å². The summed E-state index contributed by atoms with van der Waals surface area (Å²) in [6.07, 6.45) is 5.00. The fraction of sp³-hybridized carbons (Fsp3) is 0.556. The Balaban J connectivity index is 1.77. The van der Waals surface area contributed by atoms with Gasteiger partial charge in [-0.2, -0.15) is 4.31 Å². The molecule has 2 atom stereocenters. The topological polar surface area (TPSA) is 104 Å². The van der Waals surface area contributed by atoms with Crippen LogP contribution in [0.2, 0.25) is 0 Å². The van der Waals surface area contributed by atoms with Gasteiger partial charge in [0, 0.05) is 24.7 Å². The largest absolute Gasteiger partial charge is 0.385 e. The molecule has 146 valence electrons. The second-order valence-corrected chi connectivity index (χ2v) is 9.31. The van der Waals surface area contributed by atoms with Gasteiger partial charge in [0.25, 0.3) is 0 Å². The summed E-state index contributed by atoms with van der Waals surface area (Å²) in [5.74, 6) is 0.745. The summed E-state index contributed by atoms with van der Waals surface area (Å²) >= 11 is 0. The number of pyridine rings is 1. The van der Waals surface area contributed by atoms with Crippen LogP contribution in [0.15, 0.2) is 18.5 Å². The van der Waals surface area contributed by atoms with E-state index in [4.69, 9.17) is 0 Å². The summed E-state index contributed by atoms with van der Waals surface area (Å²) in [7, 11) is -3.25. The molecule has 0 saturated carbocycles. The summed E-state index contributed by atoms with van der Waals surface area (Å²) < 4.78 is 28.8. The molecule has 3 aromatic heterocycles. The third kappa shape index (κ3) is 3.13. The molecule has 0 aromatic carbocycles. The number of aromatic amines is 1. The highest BCUT2D eigenvalue weighted by atomic mass is 32.2. The molecule has 1 aliphatic heterocycles. The lowest BCUT2D eigenvalue weighted by Gasteiger charge is -2.20. The average Bonchev–Trinajstić information content (AvgIpc) is 3.34. The molecule has 3 aromatic rings. The molecule has 0 radical (unpaired) electrons. The number of hydrogen-bond donors (Lipinski definition) is 2. The van der Waals surface area contributed by atoms with Crippen LogP contribution in [0.25, 0.3) is 22.1 Å². The minimum atomic E-state index is -3.25. The van der Waals surface area contributed by atoms with E-state index in [9.17, 15) is 13.5 Å². The van der Waals surface area contributed by atoms with Gasteiger partial charge in [-0.25, -0.2) is 18.4 Å². The Morgan fingerprint density at radius 2 is 2.26 bits per heavy atom. The van der Waals surface area contributed by atoms with Crippen LogP contribution < -0.4 is 0 Å². The van der Waals surface area contributed by atoms with E-state index in [0.717, 1.165) is 23.0 Å². The summed E-state index contributed by atoms with van der Waals surface area (Å²) in [5.41, 5.74) is 2.37. The highest BCUT2D eigenvalue weighted by molar-refractivity contribution is 7.89. The number of fused-ring (bicyclic) bond motifs is 3. The van der Waals surface area contributed by atoms with Crippen LogP contribution in [0.1, 0.15) is 51.1 Å². The number of H-pyrrole nitrogens is 1. The number of aromatic nitrogens is 4. The monoisotopic (exact) mass is 391 g/mol. The van der Waals surface area contributed by atoms with Crippen molar-refractivity contribution in [1.29, 1.82) is 0 Å². The Morgan fingerprint density at radius 3 is 3.00 bits per heavy atom. The van der Waals surface area contributed by atoms with E-state index in [1.54, 1.807) is 17.4 Å². The molecule has 0 bridgehead atoms. The van der Waals surface area contributed by atoms with Crippen molar-refractivity contribution in [2.45, 2.75) is 45.3 Å². The molecule has 8 nitrogen and oxygen atoms in total. The first-order chi connectivity index (χ1) is 12.9. The summed E-state index contributed by atoms with van der Waals surface area (Å²) in [4.78, 5) is 12.1. The maximum atomic E-state index is 12.6. The van der Waals surface area contributed by atoms with Gasteiger partial charge in [0.1, 0.15) is 23.1 Å². The van der Waals surface area contributed by atoms with Crippen LogP contribution >= 0.6 is 0 Å². The Bertz CT molecular complexity index is 1070. The van der Waals surface area contributed by atoms with E-state index in [-0.39, 0.29) is 11.8 Å². The van der Waals surface area contributed by atoms with Crippen molar-refractivity contribution in [3.8, 4) is 0 Å². The van der Waals surface area contributed by atoms with Gasteiger partial charge in [0.2, 0.25) is 10.0 Å². The normalized spacial score (nSPS) is 20.0.